The molecule has 184 valence electrons. The summed E-state index contributed by atoms with van der Waals surface area (Å²) in [4.78, 5) is 36.7. The standard InChI is InChI=1S/C24H29N7O4/c1-24(2,34-4)8-10-30-11-12-31(23(30)33)22(32)28-21-6-5-19(15-26-21)35-18-7-9-25-20(13-18)17-14-27-29(3)16-17/h5-7,9,13-16H,8,10-12H2,1-4H3,(H,26,28,32). The number of aromatic nitrogens is 4. The van der Waals surface area contributed by atoms with Crippen molar-refractivity contribution in [2.24, 2.45) is 7.05 Å². The molecule has 0 radical (unpaired) electrons. The van der Waals surface area contributed by atoms with Gasteiger partial charge in [-0.25, -0.2) is 19.5 Å². The number of carbonyl (C=O) groups is 2. The Balaban J connectivity index is 1.32. The van der Waals surface area contributed by atoms with Crippen LogP contribution in [0.25, 0.3) is 11.3 Å². The molecule has 0 unspecified atom stereocenters. The average Bonchev–Trinajstić information content (AvgIpc) is 3.44. The second-order valence-corrected chi connectivity index (χ2v) is 8.83. The van der Waals surface area contributed by atoms with Gasteiger partial charge in [-0.3, -0.25) is 15.0 Å². The summed E-state index contributed by atoms with van der Waals surface area (Å²) in [5.74, 6) is 1.41. The van der Waals surface area contributed by atoms with Gasteiger partial charge < -0.3 is 14.4 Å². The lowest BCUT2D eigenvalue weighted by atomic mass is 10.1. The van der Waals surface area contributed by atoms with Crippen LogP contribution >= 0.6 is 0 Å². The maximum atomic E-state index is 12.6. The van der Waals surface area contributed by atoms with E-state index in [9.17, 15) is 9.59 Å². The Morgan fingerprint density at radius 2 is 1.97 bits per heavy atom. The van der Waals surface area contributed by atoms with Gasteiger partial charge in [-0.15, -0.1) is 0 Å². The van der Waals surface area contributed by atoms with E-state index in [1.807, 2.05) is 33.2 Å². The molecule has 4 rings (SSSR count). The van der Waals surface area contributed by atoms with Gasteiger partial charge in [0.1, 0.15) is 17.3 Å². The van der Waals surface area contributed by atoms with Crippen LogP contribution in [-0.4, -0.2) is 74.0 Å². The molecular weight excluding hydrogens is 450 g/mol. The minimum Gasteiger partial charge on any atom is -0.456 e. The molecule has 11 nitrogen and oxygen atoms in total. The molecule has 0 saturated carbocycles. The van der Waals surface area contributed by atoms with Crippen molar-refractivity contribution in [2.45, 2.75) is 25.9 Å². The predicted octanol–water partition coefficient (Wildman–Crippen LogP) is 3.75. The highest BCUT2D eigenvalue weighted by Gasteiger charge is 2.34. The van der Waals surface area contributed by atoms with Crippen LogP contribution in [0.2, 0.25) is 0 Å². The van der Waals surface area contributed by atoms with Crippen LogP contribution in [0.5, 0.6) is 11.5 Å². The zero-order chi connectivity index (χ0) is 25.0. The van der Waals surface area contributed by atoms with E-state index in [1.165, 1.54) is 11.1 Å². The maximum Gasteiger partial charge on any atom is 0.331 e. The topological polar surface area (TPSA) is 115 Å². The maximum absolute atomic E-state index is 12.6. The molecule has 11 heteroatoms. The van der Waals surface area contributed by atoms with Gasteiger partial charge in [0.2, 0.25) is 0 Å². The number of ether oxygens (including phenoxy) is 2. The lowest BCUT2D eigenvalue weighted by Crippen LogP contribution is -2.40. The third-order valence-corrected chi connectivity index (χ3v) is 5.82. The lowest BCUT2D eigenvalue weighted by molar-refractivity contribution is 0.0110. The van der Waals surface area contributed by atoms with Crippen molar-refractivity contribution in [1.29, 1.82) is 0 Å². The van der Waals surface area contributed by atoms with E-state index < -0.39 is 6.03 Å². The zero-order valence-corrected chi connectivity index (χ0v) is 20.3. The van der Waals surface area contributed by atoms with E-state index >= 15 is 0 Å². The highest BCUT2D eigenvalue weighted by Crippen LogP contribution is 2.26. The lowest BCUT2D eigenvalue weighted by Gasteiger charge is -2.26. The van der Waals surface area contributed by atoms with Crippen molar-refractivity contribution < 1.29 is 19.1 Å². The smallest absolute Gasteiger partial charge is 0.331 e. The summed E-state index contributed by atoms with van der Waals surface area (Å²) >= 11 is 0. The molecule has 4 heterocycles. The monoisotopic (exact) mass is 479 g/mol. The van der Waals surface area contributed by atoms with Gasteiger partial charge in [0.05, 0.1) is 23.7 Å². The number of carbonyl (C=O) groups excluding carboxylic acids is 2. The number of hydrogen-bond acceptors (Lipinski definition) is 7. The predicted molar refractivity (Wildman–Crippen MR) is 129 cm³/mol. The summed E-state index contributed by atoms with van der Waals surface area (Å²) in [5.41, 5.74) is 1.29. The van der Waals surface area contributed by atoms with E-state index in [0.29, 0.717) is 43.4 Å². The van der Waals surface area contributed by atoms with Crippen LogP contribution in [0.15, 0.2) is 49.1 Å². The van der Waals surface area contributed by atoms with E-state index in [2.05, 4.69) is 20.4 Å². The minimum absolute atomic E-state index is 0.319. The molecule has 1 aliphatic heterocycles. The van der Waals surface area contributed by atoms with Crippen LogP contribution in [0, 0.1) is 0 Å². The van der Waals surface area contributed by atoms with E-state index in [1.54, 1.807) is 47.3 Å². The molecule has 1 fully saturated rings. The number of pyridine rings is 2. The van der Waals surface area contributed by atoms with Gasteiger partial charge in [-0.05, 0) is 38.5 Å². The van der Waals surface area contributed by atoms with Crippen molar-refractivity contribution in [3.63, 3.8) is 0 Å². The summed E-state index contributed by atoms with van der Waals surface area (Å²) in [6.45, 7) is 5.25. The van der Waals surface area contributed by atoms with Crippen LogP contribution < -0.4 is 10.1 Å². The number of urea groups is 2. The van der Waals surface area contributed by atoms with Gasteiger partial charge in [-0.2, -0.15) is 5.10 Å². The SMILES string of the molecule is COC(C)(C)CCN1CCN(C(=O)Nc2ccc(Oc3ccnc(-c4cnn(C)c4)c3)cn2)C1=O. The van der Waals surface area contributed by atoms with Crippen molar-refractivity contribution >= 4 is 17.9 Å². The number of imide groups is 1. The first-order valence-corrected chi connectivity index (χ1v) is 11.3. The molecule has 35 heavy (non-hydrogen) atoms. The molecule has 3 aromatic rings. The second-order valence-electron chi connectivity index (χ2n) is 8.83. The van der Waals surface area contributed by atoms with Crippen molar-refractivity contribution in [1.82, 2.24) is 29.5 Å². The molecule has 0 aromatic carbocycles. The first-order chi connectivity index (χ1) is 16.7. The third-order valence-electron chi connectivity index (χ3n) is 5.82. The molecule has 0 atom stereocenters. The number of nitrogens with zero attached hydrogens (tertiary/aromatic N) is 6. The summed E-state index contributed by atoms with van der Waals surface area (Å²) < 4.78 is 13.0. The van der Waals surface area contributed by atoms with Crippen molar-refractivity contribution in [2.75, 3.05) is 32.1 Å². The Labute approximate surface area is 203 Å². The fourth-order valence-corrected chi connectivity index (χ4v) is 3.50. The zero-order valence-electron chi connectivity index (χ0n) is 20.3. The number of aryl methyl sites for hydroxylation is 1. The summed E-state index contributed by atoms with van der Waals surface area (Å²) in [6.07, 6.45) is 7.44. The Kier molecular flexibility index (Phi) is 6.97. The fourth-order valence-electron chi connectivity index (χ4n) is 3.50. The molecule has 1 aliphatic rings. The normalized spacial score (nSPS) is 13.9. The van der Waals surface area contributed by atoms with Gasteiger partial charge in [0, 0.05) is 57.8 Å². The third kappa shape index (κ3) is 5.93. The van der Waals surface area contributed by atoms with E-state index in [0.717, 1.165) is 11.3 Å². The van der Waals surface area contributed by atoms with Crippen molar-refractivity contribution in [3.8, 4) is 22.8 Å². The number of hydrogen-bond donors (Lipinski definition) is 1. The molecule has 1 saturated heterocycles. The molecule has 0 aliphatic carbocycles. The highest BCUT2D eigenvalue weighted by atomic mass is 16.5. The number of anilines is 1. The highest BCUT2D eigenvalue weighted by molar-refractivity contribution is 6.01. The van der Waals surface area contributed by atoms with Crippen molar-refractivity contribution in [3.05, 3.63) is 49.1 Å². The van der Waals surface area contributed by atoms with Gasteiger partial charge >= 0.3 is 12.1 Å². The fraction of sp³-hybridized carbons (Fsp3) is 0.375. The molecule has 3 aromatic heterocycles. The van der Waals surface area contributed by atoms with Crippen LogP contribution in [0.1, 0.15) is 20.3 Å². The van der Waals surface area contributed by atoms with Gasteiger partial charge in [0.25, 0.3) is 0 Å². The summed E-state index contributed by atoms with van der Waals surface area (Å²) in [6, 6.07) is 6.03. The molecule has 1 N–H and O–H groups in total. The largest absolute Gasteiger partial charge is 0.456 e. The Bertz CT molecular complexity index is 1190. The number of nitrogens with one attached hydrogen (secondary N) is 1. The quantitative estimate of drug-likeness (QED) is 0.523. The van der Waals surface area contributed by atoms with Gasteiger partial charge in [0.15, 0.2) is 0 Å². The minimum atomic E-state index is -0.514. The first-order valence-electron chi connectivity index (χ1n) is 11.3. The van der Waals surface area contributed by atoms with Gasteiger partial charge in [-0.1, -0.05) is 0 Å². The second kappa shape index (κ2) is 10.1. The van der Waals surface area contributed by atoms with Crippen LogP contribution in [-0.2, 0) is 11.8 Å². The number of amides is 4. The Hall–Kier alpha value is -3.99. The molecular formula is C24H29N7O4. The Morgan fingerprint density at radius 3 is 2.66 bits per heavy atom. The Morgan fingerprint density at radius 1 is 1.14 bits per heavy atom. The number of methoxy groups -OCH3 is 1. The molecule has 0 spiro atoms. The number of rotatable bonds is 8. The molecule has 4 amide bonds. The average molecular weight is 480 g/mol. The molecule has 0 bridgehead atoms. The van der Waals surface area contributed by atoms with E-state index in [-0.39, 0.29) is 11.6 Å². The van der Waals surface area contributed by atoms with Crippen LogP contribution in [0.3, 0.4) is 0 Å². The van der Waals surface area contributed by atoms with E-state index in [4.69, 9.17) is 9.47 Å². The first kappa shape index (κ1) is 24.1. The summed E-state index contributed by atoms with van der Waals surface area (Å²) in [7, 11) is 3.49. The summed E-state index contributed by atoms with van der Waals surface area (Å²) in [5, 5.41) is 6.83. The van der Waals surface area contributed by atoms with Crippen LogP contribution in [0.4, 0.5) is 15.4 Å².